The molecular weight excluding hydrogens is 206 g/mol. The summed E-state index contributed by atoms with van der Waals surface area (Å²) in [5, 5.41) is 12.0. The molecule has 1 heterocycles. The molecule has 1 aliphatic rings. The van der Waals surface area contributed by atoms with Crippen molar-refractivity contribution in [1.29, 1.82) is 0 Å². The van der Waals surface area contributed by atoms with Crippen LogP contribution < -0.4 is 10.9 Å². The third kappa shape index (κ3) is 2.24. The molecule has 0 bridgehead atoms. The number of aromatic nitrogens is 2. The molecule has 1 aromatic rings. The third-order valence-electron chi connectivity index (χ3n) is 2.86. The van der Waals surface area contributed by atoms with Crippen molar-refractivity contribution in [2.75, 3.05) is 11.9 Å². The Morgan fingerprint density at radius 1 is 1.69 bits per heavy atom. The lowest BCUT2D eigenvalue weighted by molar-refractivity contribution is 0.271. The molecule has 1 aliphatic carbocycles. The summed E-state index contributed by atoms with van der Waals surface area (Å²) in [5.74, 6) is 0.343. The topological polar surface area (TPSA) is 67.2 Å². The molecule has 2 rings (SSSR count). The van der Waals surface area contributed by atoms with E-state index in [9.17, 15) is 4.79 Å². The van der Waals surface area contributed by atoms with Gasteiger partial charge in [0.15, 0.2) is 5.82 Å². The number of rotatable bonds is 5. The Morgan fingerprint density at radius 2 is 2.44 bits per heavy atom. The van der Waals surface area contributed by atoms with Crippen LogP contribution >= 0.6 is 0 Å². The second-order valence-corrected chi connectivity index (χ2v) is 4.15. The molecule has 0 radical (unpaired) electrons. The molecule has 1 aromatic heterocycles. The number of nitrogens with one attached hydrogen (secondary N) is 1. The van der Waals surface area contributed by atoms with Crippen molar-refractivity contribution in [3.8, 4) is 0 Å². The number of hydrogen-bond donors (Lipinski definition) is 2. The van der Waals surface area contributed by atoms with E-state index in [0.717, 1.165) is 19.3 Å². The van der Waals surface area contributed by atoms with Gasteiger partial charge in [-0.3, -0.25) is 4.79 Å². The minimum atomic E-state index is -0.102. The Balaban J connectivity index is 2.20. The molecule has 0 spiro atoms. The zero-order valence-corrected chi connectivity index (χ0v) is 9.39. The summed E-state index contributed by atoms with van der Waals surface area (Å²) in [6.07, 6.45) is 6.26. The van der Waals surface area contributed by atoms with Gasteiger partial charge in [-0.15, -0.1) is 0 Å². The van der Waals surface area contributed by atoms with Crippen LogP contribution in [0.4, 0.5) is 5.82 Å². The van der Waals surface area contributed by atoms with Crippen molar-refractivity contribution >= 4 is 5.82 Å². The highest BCUT2D eigenvalue weighted by Crippen LogP contribution is 2.33. The summed E-state index contributed by atoms with van der Waals surface area (Å²) in [5.41, 5.74) is -0.0862. The number of nitrogens with zero attached hydrogens (tertiary/aromatic N) is 2. The summed E-state index contributed by atoms with van der Waals surface area (Å²) >= 11 is 0. The largest absolute Gasteiger partial charge is 0.394 e. The lowest BCUT2D eigenvalue weighted by Gasteiger charge is -2.14. The maximum absolute atomic E-state index is 12.0. The fourth-order valence-corrected chi connectivity index (χ4v) is 1.63. The smallest absolute Gasteiger partial charge is 0.293 e. The zero-order valence-electron chi connectivity index (χ0n) is 9.39. The number of anilines is 1. The second kappa shape index (κ2) is 4.65. The first-order valence-corrected chi connectivity index (χ1v) is 5.70. The Labute approximate surface area is 94.1 Å². The van der Waals surface area contributed by atoms with Gasteiger partial charge < -0.3 is 15.0 Å². The van der Waals surface area contributed by atoms with Gasteiger partial charge in [0.2, 0.25) is 0 Å². The van der Waals surface area contributed by atoms with Gasteiger partial charge in [-0.2, -0.15) is 0 Å². The molecule has 5 nitrogen and oxygen atoms in total. The van der Waals surface area contributed by atoms with Crippen molar-refractivity contribution < 1.29 is 5.11 Å². The van der Waals surface area contributed by atoms with Gasteiger partial charge in [-0.1, -0.05) is 6.92 Å². The molecular formula is C11H17N3O2. The van der Waals surface area contributed by atoms with E-state index in [0.29, 0.717) is 11.9 Å². The first-order chi connectivity index (χ1) is 7.76. The normalized spacial score (nSPS) is 17.1. The summed E-state index contributed by atoms with van der Waals surface area (Å²) in [6, 6.07) is 0.250. The van der Waals surface area contributed by atoms with Crippen LogP contribution in [0.5, 0.6) is 0 Å². The van der Waals surface area contributed by atoms with Gasteiger partial charge in [0.1, 0.15) is 0 Å². The molecule has 5 heteroatoms. The summed E-state index contributed by atoms with van der Waals surface area (Å²) in [4.78, 5) is 16.0. The minimum absolute atomic E-state index is 0.00986. The summed E-state index contributed by atoms with van der Waals surface area (Å²) in [6.45, 7) is 1.96. The van der Waals surface area contributed by atoms with Crippen LogP contribution in [0, 0.1) is 0 Å². The van der Waals surface area contributed by atoms with Gasteiger partial charge in [0.05, 0.1) is 12.6 Å². The monoisotopic (exact) mass is 223 g/mol. The summed E-state index contributed by atoms with van der Waals surface area (Å²) in [7, 11) is 0. The molecule has 0 aromatic carbocycles. The van der Waals surface area contributed by atoms with Crippen molar-refractivity contribution in [3.05, 3.63) is 22.7 Å². The predicted molar refractivity (Wildman–Crippen MR) is 61.6 cm³/mol. The molecule has 0 saturated heterocycles. The van der Waals surface area contributed by atoms with Crippen LogP contribution in [0.15, 0.2) is 17.2 Å². The third-order valence-corrected chi connectivity index (χ3v) is 2.86. The van der Waals surface area contributed by atoms with E-state index in [-0.39, 0.29) is 18.2 Å². The Morgan fingerprint density at radius 3 is 3.00 bits per heavy atom. The Kier molecular flexibility index (Phi) is 3.24. The van der Waals surface area contributed by atoms with Crippen molar-refractivity contribution in [2.45, 2.75) is 38.3 Å². The van der Waals surface area contributed by atoms with E-state index >= 15 is 0 Å². The molecule has 2 N–H and O–H groups in total. The Bertz CT molecular complexity index is 408. The van der Waals surface area contributed by atoms with Gasteiger partial charge >= 0.3 is 0 Å². The SMILES string of the molecule is CCC(CO)Nc1nccn(C2CC2)c1=O. The minimum Gasteiger partial charge on any atom is -0.394 e. The highest BCUT2D eigenvalue weighted by atomic mass is 16.3. The molecule has 16 heavy (non-hydrogen) atoms. The highest BCUT2D eigenvalue weighted by molar-refractivity contribution is 5.32. The molecule has 1 unspecified atom stereocenters. The van der Waals surface area contributed by atoms with Crippen molar-refractivity contribution in [2.24, 2.45) is 0 Å². The van der Waals surface area contributed by atoms with Crippen LogP contribution in [0.1, 0.15) is 32.2 Å². The van der Waals surface area contributed by atoms with Crippen molar-refractivity contribution in [1.82, 2.24) is 9.55 Å². The molecule has 1 fully saturated rings. The van der Waals surface area contributed by atoms with E-state index in [2.05, 4.69) is 10.3 Å². The van der Waals surface area contributed by atoms with Crippen molar-refractivity contribution in [3.63, 3.8) is 0 Å². The average Bonchev–Trinajstić information content (AvgIpc) is 3.12. The van der Waals surface area contributed by atoms with Crippen LogP contribution in [0.25, 0.3) is 0 Å². The van der Waals surface area contributed by atoms with Gasteiger partial charge in [0.25, 0.3) is 5.56 Å². The molecule has 0 aliphatic heterocycles. The molecule has 1 atom stereocenters. The van der Waals surface area contributed by atoms with E-state index in [4.69, 9.17) is 5.11 Å². The first kappa shape index (κ1) is 11.1. The zero-order chi connectivity index (χ0) is 11.5. The van der Waals surface area contributed by atoms with Crippen LogP contribution in [0.3, 0.4) is 0 Å². The van der Waals surface area contributed by atoms with Crippen LogP contribution in [-0.2, 0) is 0 Å². The molecule has 0 amide bonds. The number of aliphatic hydroxyl groups excluding tert-OH is 1. The Hall–Kier alpha value is -1.36. The average molecular weight is 223 g/mol. The van der Waals surface area contributed by atoms with Gasteiger partial charge in [-0.25, -0.2) is 4.98 Å². The van der Waals surface area contributed by atoms with Crippen LogP contribution in [-0.4, -0.2) is 27.3 Å². The van der Waals surface area contributed by atoms with Gasteiger partial charge in [-0.05, 0) is 19.3 Å². The van der Waals surface area contributed by atoms with E-state index in [1.54, 1.807) is 17.0 Å². The fraction of sp³-hybridized carbons (Fsp3) is 0.636. The first-order valence-electron chi connectivity index (χ1n) is 5.70. The number of aliphatic hydroxyl groups is 1. The summed E-state index contributed by atoms with van der Waals surface area (Å²) < 4.78 is 1.72. The fourth-order valence-electron chi connectivity index (χ4n) is 1.63. The second-order valence-electron chi connectivity index (χ2n) is 4.15. The molecule has 88 valence electrons. The maximum atomic E-state index is 12.0. The number of hydrogen-bond acceptors (Lipinski definition) is 4. The van der Waals surface area contributed by atoms with E-state index < -0.39 is 0 Å². The van der Waals surface area contributed by atoms with Crippen LogP contribution in [0.2, 0.25) is 0 Å². The standard InChI is InChI=1S/C11H17N3O2/c1-2-8(7-15)13-10-11(16)14(6-5-12-10)9-3-4-9/h5-6,8-9,15H,2-4,7H2,1H3,(H,12,13). The maximum Gasteiger partial charge on any atom is 0.293 e. The van der Waals surface area contributed by atoms with Gasteiger partial charge in [0, 0.05) is 18.4 Å². The lowest BCUT2D eigenvalue weighted by Crippen LogP contribution is -2.30. The lowest BCUT2D eigenvalue weighted by atomic mass is 10.2. The highest BCUT2D eigenvalue weighted by Gasteiger charge is 2.25. The molecule has 1 saturated carbocycles. The quantitative estimate of drug-likeness (QED) is 0.773. The van der Waals surface area contributed by atoms with E-state index in [1.807, 2.05) is 6.92 Å². The van der Waals surface area contributed by atoms with E-state index in [1.165, 1.54) is 0 Å². The predicted octanol–water partition coefficient (Wildman–Crippen LogP) is 0.761.